The zero-order valence-electron chi connectivity index (χ0n) is 26.6. The van der Waals surface area contributed by atoms with E-state index < -0.39 is 71.0 Å². The van der Waals surface area contributed by atoms with Gasteiger partial charge in [-0.2, -0.15) is 13.2 Å². The average Bonchev–Trinajstić information content (AvgIpc) is 2.99. The van der Waals surface area contributed by atoms with Gasteiger partial charge in [-0.1, -0.05) is 48.5 Å². The number of hydrogen-bond acceptors (Lipinski definition) is 5. The van der Waals surface area contributed by atoms with Crippen LogP contribution in [0.25, 0.3) is 11.1 Å². The Hall–Kier alpha value is -4.94. The highest BCUT2D eigenvalue weighted by Gasteiger charge is 2.35. The number of halogens is 5. The summed E-state index contributed by atoms with van der Waals surface area (Å²) >= 11 is 0. The summed E-state index contributed by atoms with van der Waals surface area (Å²) in [5.41, 5.74) is -5.53. The standard InChI is InChI=1S/C34H34F5N3O5/c1-20-28(22-14-10-17-27(46-6)29(22)36)30(43)42(31(44)41(20)18-23-24(34(37,38)39)15-11-16-25(23)35)19-26(21-12-8-7-9-13-21)40(5)32(45)47-33(2,3)4/h7-17,26H,18-19H2,1-6H3/t26-/m1/s1. The lowest BCUT2D eigenvalue weighted by atomic mass is 10.0. The Morgan fingerprint density at radius 1 is 0.915 bits per heavy atom. The van der Waals surface area contributed by atoms with E-state index in [0.717, 1.165) is 16.7 Å². The number of likely N-dealkylation sites (N-methyl/N-ethyl adjacent to an activating group) is 1. The molecule has 47 heavy (non-hydrogen) atoms. The fourth-order valence-electron chi connectivity index (χ4n) is 5.22. The zero-order valence-corrected chi connectivity index (χ0v) is 26.6. The summed E-state index contributed by atoms with van der Waals surface area (Å²) in [6.07, 6.45) is -5.76. The molecule has 1 aromatic heterocycles. The fraction of sp³-hybridized carbons (Fsp3) is 0.324. The van der Waals surface area contributed by atoms with Crippen LogP contribution in [0, 0.1) is 18.6 Å². The quantitative estimate of drug-likeness (QED) is 0.191. The topological polar surface area (TPSA) is 82.8 Å². The minimum atomic E-state index is -4.97. The Bertz CT molecular complexity index is 1900. The largest absolute Gasteiger partial charge is 0.494 e. The lowest BCUT2D eigenvalue weighted by molar-refractivity contribution is -0.138. The van der Waals surface area contributed by atoms with Crippen LogP contribution in [-0.2, 0) is 24.0 Å². The SMILES string of the molecule is COc1cccc(-c2c(C)n(Cc3c(F)cccc3C(F)(F)F)c(=O)n(C[C@H](c3ccccc3)N(C)C(=O)OC(C)(C)C)c2=O)c1F. The molecule has 1 atom stereocenters. The van der Waals surface area contributed by atoms with Crippen molar-refractivity contribution in [1.29, 1.82) is 0 Å². The first kappa shape index (κ1) is 34.9. The van der Waals surface area contributed by atoms with Crippen molar-refractivity contribution in [2.75, 3.05) is 14.2 Å². The summed E-state index contributed by atoms with van der Waals surface area (Å²) in [5, 5.41) is 0. The van der Waals surface area contributed by atoms with Crippen LogP contribution in [0.1, 0.15) is 49.2 Å². The molecule has 4 aromatic rings. The molecule has 0 aliphatic carbocycles. The van der Waals surface area contributed by atoms with Gasteiger partial charge in [0, 0.05) is 23.9 Å². The minimum Gasteiger partial charge on any atom is -0.494 e. The maximum Gasteiger partial charge on any atom is 0.416 e. The molecule has 0 saturated carbocycles. The van der Waals surface area contributed by atoms with E-state index >= 15 is 8.78 Å². The number of nitrogens with zero attached hydrogens (tertiary/aromatic N) is 3. The van der Waals surface area contributed by atoms with Crippen molar-refractivity contribution in [3.05, 3.63) is 122 Å². The molecule has 0 aliphatic rings. The molecule has 0 bridgehead atoms. The molecule has 0 saturated heterocycles. The molecule has 4 rings (SSSR count). The fourth-order valence-corrected chi connectivity index (χ4v) is 5.22. The predicted octanol–water partition coefficient (Wildman–Crippen LogP) is 6.95. The van der Waals surface area contributed by atoms with E-state index in [1.54, 1.807) is 51.1 Å². The third-order valence-corrected chi connectivity index (χ3v) is 7.57. The Morgan fingerprint density at radius 3 is 2.15 bits per heavy atom. The maximum absolute atomic E-state index is 15.7. The molecule has 1 heterocycles. The first-order valence-electron chi connectivity index (χ1n) is 14.5. The second-order valence-electron chi connectivity index (χ2n) is 11.8. The number of benzene rings is 3. The van der Waals surface area contributed by atoms with E-state index in [0.29, 0.717) is 16.2 Å². The monoisotopic (exact) mass is 659 g/mol. The van der Waals surface area contributed by atoms with Gasteiger partial charge in [0.1, 0.15) is 11.4 Å². The molecule has 0 fully saturated rings. The third kappa shape index (κ3) is 7.39. The van der Waals surface area contributed by atoms with Gasteiger partial charge in [-0.25, -0.2) is 18.4 Å². The number of alkyl halides is 3. The van der Waals surface area contributed by atoms with Crippen LogP contribution >= 0.6 is 0 Å². The number of ether oxygens (including phenoxy) is 2. The zero-order chi connectivity index (χ0) is 34.8. The van der Waals surface area contributed by atoms with Crippen LogP contribution in [-0.4, -0.2) is 39.9 Å². The summed E-state index contributed by atoms with van der Waals surface area (Å²) in [5.74, 6) is -2.42. The van der Waals surface area contributed by atoms with E-state index in [1.165, 1.54) is 44.2 Å². The van der Waals surface area contributed by atoms with Gasteiger partial charge in [-0.3, -0.25) is 13.9 Å². The van der Waals surface area contributed by atoms with E-state index in [-0.39, 0.29) is 22.6 Å². The van der Waals surface area contributed by atoms with Crippen LogP contribution in [0.3, 0.4) is 0 Å². The second kappa shape index (κ2) is 13.4. The third-order valence-electron chi connectivity index (χ3n) is 7.57. The number of methoxy groups -OCH3 is 1. The van der Waals surface area contributed by atoms with Gasteiger partial charge >= 0.3 is 18.0 Å². The molecule has 3 aromatic carbocycles. The second-order valence-corrected chi connectivity index (χ2v) is 11.8. The number of carbonyl (C=O) groups is 1. The summed E-state index contributed by atoms with van der Waals surface area (Å²) in [6.45, 7) is 4.78. The normalized spacial score (nSPS) is 12.5. The molecule has 0 spiro atoms. The van der Waals surface area contributed by atoms with Gasteiger partial charge in [-0.15, -0.1) is 0 Å². The lowest BCUT2D eigenvalue weighted by Gasteiger charge is -2.31. The van der Waals surface area contributed by atoms with E-state index in [1.807, 2.05) is 0 Å². The Kier molecular flexibility index (Phi) is 9.98. The number of aromatic nitrogens is 2. The Labute approximate surface area is 267 Å². The van der Waals surface area contributed by atoms with Crippen molar-refractivity contribution >= 4 is 6.09 Å². The van der Waals surface area contributed by atoms with Crippen molar-refractivity contribution in [2.45, 2.75) is 58.6 Å². The Morgan fingerprint density at radius 2 is 1.55 bits per heavy atom. The molecular weight excluding hydrogens is 625 g/mol. The summed E-state index contributed by atoms with van der Waals surface area (Å²) < 4.78 is 84.7. The molecule has 250 valence electrons. The van der Waals surface area contributed by atoms with Crippen LogP contribution in [0.15, 0.2) is 76.3 Å². The first-order chi connectivity index (χ1) is 22.0. The van der Waals surface area contributed by atoms with Gasteiger partial charge < -0.3 is 14.4 Å². The van der Waals surface area contributed by atoms with Gasteiger partial charge in [0.05, 0.1) is 37.4 Å². The van der Waals surface area contributed by atoms with E-state index in [4.69, 9.17) is 9.47 Å². The first-order valence-corrected chi connectivity index (χ1v) is 14.5. The van der Waals surface area contributed by atoms with Gasteiger partial charge in [0.25, 0.3) is 5.56 Å². The number of hydrogen-bond donors (Lipinski definition) is 0. The molecule has 1 amide bonds. The summed E-state index contributed by atoms with van der Waals surface area (Å²) in [6, 6.07) is 13.7. The van der Waals surface area contributed by atoms with E-state index in [2.05, 4.69) is 0 Å². The molecule has 0 radical (unpaired) electrons. The summed E-state index contributed by atoms with van der Waals surface area (Å²) in [4.78, 5) is 42.7. The average molecular weight is 660 g/mol. The lowest BCUT2D eigenvalue weighted by Crippen LogP contribution is -2.46. The van der Waals surface area contributed by atoms with Crippen molar-refractivity contribution in [3.63, 3.8) is 0 Å². The molecular formula is C34H34F5N3O5. The van der Waals surface area contributed by atoms with Crippen molar-refractivity contribution in [1.82, 2.24) is 14.0 Å². The highest BCUT2D eigenvalue weighted by Crippen LogP contribution is 2.34. The van der Waals surface area contributed by atoms with Crippen LogP contribution < -0.4 is 16.0 Å². The van der Waals surface area contributed by atoms with E-state index in [9.17, 15) is 27.6 Å². The van der Waals surface area contributed by atoms with Gasteiger partial charge in [0.15, 0.2) is 11.6 Å². The van der Waals surface area contributed by atoms with Crippen LogP contribution in [0.5, 0.6) is 5.75 Å². The predicted molar refractivity (Wildman–Crippen MR) is 165 cm³/mol. The van der Waals surface area contributed by atoms with Crippen LogP contribution in [0.2, 0.25) is 0 Å². The number of rotatable bonds is 8. The molecule has 0 N–H and O–H groups in total. The van der Waals surface area contributed by atoms with Crippen LogP contribution in [0.4, 0.5) is 26.7 Å². The van der Waals surface area contributed by atoms with Crippen molar-refractivity contribution < 1.29 is 36.2 Å². The maximum atomic E-state index is 15.7. The van der Waals surface area contributed by atoms with Crippen molar-refractivity contribution in [3.8, 4) is 16.9 Å². The highest BCUT2D eigenvalue weighted by atomic mass is 19.4. The highest BCUT2D eigenvalue weighted by molar-refractivity contribution is 5.69. The molecule has 13 heteroatoms. The van der Waals surface area contributed by atoms with Gasteiger partial charge in [-0.05, 0) is 51.5 Å². The molecule has 0 aliphatic heterocycles. The van der Waals surface area contributed by atoms with Crippen molar-refractivity contribution in [2.24, 2.45) is 0 Å². The number of amides is 1. The smallest absolute Gasteiger partial charge is 0.416 e. The summed E-state index contributed by atoms with van der Waals surface area (Å²) in [7, 11) is 2.61. The molecule has 0 unspecified atom stereocenters. The number of carbonyl (C=O) groups excluding carboxylic acids is 1. The van der Waals surface area contributed by atoms with Gasteiger partial charge in [0.2, 0.25) is 0 Å². The molecule has 8 nitrogen and oxygen atoms in total. The Balaban J connectivity index is 2.03. The minimum absolute atomic E-state index is 0.212.